The summed E-state index contributed by atoms with van der Waals surface area (Å²) >= 11 is 0. The Labute approximate surface area is 78.2 Å². The van der Waals surface area contributed by atoms with Crippen LogP contribution in [-0.2, 0) is 0 Å². The van der Waals surface area contributed by atoms with Crippen molar-refractivity contribution in [1.82, 2.24) is 0 Å². The molecule has 0 heterocycles. The summed E-state index contributed by atoms with van der Waals surface area (Å²) in [5, 5.41) is 8.44. The predicted molar refractivity (Wildman–Crippen MR) is 51.4 cm³/mol. The molecular formula is C11H12O2. The van der Waals surface area contributed by atoms with E-state index in [4.69, 9.17) is 9.84 Å². The molecular weight excluding hydrogens is 164 g/mol. The second-order valence-electron chi connectivity index (χ2n) is 2.43. The van der Waals surface area contributed by atoms with E-state index in [9.17, 15) is 0 Å². The number of hydrogen-bond donors (Lipinski definition) is 1. The van der Waals surface area contributed by atoms with Crippen LogP contribution in [0, 0.1) is 11.8 Å². The molecule has 0 aliphatic carbocycles. The fraction of sp³-hybridized carbons (Fsp3) is 0.273. The third kappa shape index (κ3) is 4.19. The van der Waals surface area contributed by atoms with Crippen LogP contribution in [0.5, 0.6) is 5.75 Å². The van der Waals surface area contributed by atoms with Crippen molar-refractivity contribution in [3.05, 3.63) is 30.3 Å². The Balaban J connectivity index is 2.25. The second kappa shape index (κ2) is 6.10. The number of aliphatic hydroxyl groups excluding tert-OH is 1. The van der Waals surface area contributed by atoms with Crippen molar-refractivity contribution in [1.29, 1.82) is 0 Å². The van der Waals surface area contributed by atoms with Crippen LogP contribution in [-0.4, -0.2) is 18.3 Å². The Morgan fingerprint density at radius 3 is 2.62 bits per heavy atom. The Kier molecular flexibility index (Phi) is 4.52. The SMILES string of the molecule is OCCC#CCOc1ccccc1. The molecule has 0 aromatic heterocycles. The molecule has 1 aromatic rings. The summed E-state index contributed by atoms with van der Waals surface area (Å²) in [5.74, 6) is 6.40. The first-order valence-corrected chi connectivity index (χ1v) is 4.18. The summed E-state index contributed by atoms with van der Waals surface area (Å²) < 4.78 is 5.30. The van der Waals surface area contributed by atoms with Gasteiger partial charge in [0, 0.05) is 6.42 Å². The van der Waals surface area contributed by atoms with Crippen molar-refractivity contribution in [2.24, 2.45) is 0 Å². The first kappa shape index (κ1) is 9.63. The molecule has 0 saturated carbocycles. The molecule has 0 radical (unpaired) electrons. The Hall–Kier alpha value is -1.46. The molecule has 0 fully saturated rings. The van der Waals surface area contributed by atoms with Gasteiger partial charge in [0.15, 0.2) is 0 Å². The number of para-hydroxylation sites is 1. The van der Waals surface area contributed by atoms with Crippen LogP contribution in [0.15, 0.2) is 30.3 Å². The van der Waals surface area contributed by atoms with Gasteiger partial charge in [-0.25, -0.2) is 0 Å². The summed E-state index contributed by atoms with van der Waals surface area (Å²) in [4.78, 5) is 0. The largest absolute Gasteiger partial charge is 0.481 e. The third-order valence-electron chi connectivity index (χ3n) is 1.42. The van der Waals surface area contributed by atoms with E-state index < -0.39 is 0 Å². The van der Waals surface area contributed by atoms with Crippen molar-refractivity contribution < 1.29 is 9.84 Å². The van der Waals surface area contributed by atoms with Gasteiger partial charge in [-0.05, 0) is 12.1 Å². The monoisotopic (exact) mass is 176 g/mol. The van der Waals surface area contributed by atoms with Crippen LogP contribution in [0.2, 0.25) is 0 Å². The number of aliphatic hydroxyl groups is 1. The molecule has 0 spiro atoms. The molecule has 2 heteroatoms. The van der Waals surface area contributed by atoms with Gasteiger partial charge in [-0.3, -0.25) is 0 Å². The molecule has 2 nitrogen and oxygen atoms in total. The first-order chi connectivity index (χ1) is 6.43. The third-order valence-corrected chi connectivity index (χ3v) is 1.42. The first-order valence-electron chi connectivity index (χ1n) is 4.18. The highest BCUT2D eigenvalue weighted by Crippen LogP contribution is 2.07. The normalized spacial score (nSPS) is 8.69. The lowest BCUT2D eigenvalue weighted by atomic mass is 10.3. The summed E-state index contributed by atoms with van der Waals surface area (Å²) in [6.45, 7) is 0.488. The standard InChI is InChI=1S/C11H12O2/c12-9-5-2-6-10-13-11-7-3-1-4-8-11/h1,3-4,7-8,12H,5,9-10H2. The van der Waals surface area contributed by atoms with Crippen molar-refractivity contribution in [2.45, 2.75) is 6.42 Å². The minimum atomic E-state index is 0.109. The van der Waals surface area contributed by atoms with E-state index in [2.05, 4.69) is 11.8 Å². The molecule has 0 amide bonds. The highest BCUT2D eigenvalue weighted by molar-refractivity contribution is 5.21. The molecule has 0 aliphatic rings. The van der Waals surface area contributed by atoms with Gasteiger partial charge in [-0.1, -0.05) is 30.0 Å². The van der Waals surface area contributed by atoms with E-state index in [0.717, 1.165) is 5.75 Å². The van der Waals surface area contributed by atoms with Crippen LogP contribution < -0.4 is 4.74 Å². The molecule has 0 bridgehead atoms. The lowest BCUT2D eigenvalue weighted by Gasteiger charge is -1.99. The van der Waals surface area contributed by atoms with Gasteiger partial charge < -0.3 is 9.84 Å². The number of benzene rings is 1. The summed E-state index contributed by atoms with van der Waals surface area (Å²) in [6, 6.07) is 9.53. The number of ether oxygens (including phenoxy) is 1. The topological polar surface area (TPSA) is 29.5 Å². The van der Waals surface area contributed by atoms with Crippen molar-refractivity contribution in [2.75, 3.05) is 13.2 Å². The van der Waals surface area contributed by atoms with E-state index in [1.807, 2.05) is 30.3 Å². The van der Waals surface area contributed by atoms with Crippen LogP contribution in [0.4, 0.5) is 0 Å². The van der Waals surface area contributed by atoms with Crippen LogP contribution in [0.1, 0.15) is 6.42 Å². The maximum Gasteiger partial charge on any atom is 0.149 e. The smallest absolute Gasteiger partial charge is 0.149 e. The summed E-state index contributed by atoms with van der Waals surface area (Å²) in [7, 11) is 0. The zero-order chi connectivity index (χ0) is 9.36. The van der Waals surface area contributed by atoms with Gasteiger partial charge in [0.05, 0.1) is 6.61 Å². The Morgan fingerprint density at radius 1 is 1.15 bits per heavy atom. The molecule has 1 rings (SSSR count). The number of rotatable bonds is 3. The van der Waals surface area contributed by atoms with Crippen LogP contribution in [0.25, 0.3) is 0 Å². The van der Waals surface area contributed by atoms with E-state index in [1.54, 1.807) is 0 Å². The molecule has 68 valence electrons. The highest BCUT2D eigenvalue weighted by atomic mass is 16.5. The fourth-order valence-corrected chi connectivity index (χ4v) is 0.831. The summed E-state index contributed by atoms with van der Waals surface area (Å²) in [5.41, 5.74) is 0. The molecule has 0 saturated heterocycles. The van der Waals surface area contributed by atoms with Gasteiger partial charge in [-0.2, -0.15) is 0 Å². The number of hydrogen-bond acceptors (Lipinski definition) is 2. The van der Waals surface area contributed by atoms with Gasteiger partial charge >= 0.3 is 0 Å². The van der Waals surface area contributed by atoms with Crippen molar-refractivity contribution >= 4 is 0 Å². The zero-order valence-electron chi connectivity index (χ0n) is 7.36. The molecule has 13 heavy (non-hydrogen) atoms. The average Bonchev–Trinajstić information content (AvgIpc) is 2.19. The second-order valence-corrected chi connectivity index (χ2v) is 2.43. The van der Waals surface area contributed by atoms with Gasteiger partial charge in [-0.15, -0.1) is 0 Å². The Morgan fingerprint density at radius 2 is 1.92 bits per heavy atom. The minimum absolute atomic E-state index is 0.109. The van der Waals surface area contributed by atoms with Crippen LogP contribution in [0.3, 0.4) is 0 Å². The quantitative estimate of drug-likeness (QED) is 0.706. The lowest BCUT2D eigenvalue weighted by Crippen LogP contribution is -1.93. The minimum Gasteiger partial charge on any atom is -0.481 e. The zero-order valence-corrected chi connectivity index (χ0v) is 7.36. The van der Waals surface area contributed by atoms with E-state index in [-0.39, 0.29) is 6.61 Å². The van der Waals surface area contributed by atoms with Gasteiger partial charge in [0.2, 0.25) is 0 Å². The van der Waals surface area contributed by atoms with Gasteiger partial charge in [0.25, 0.3) is 0 Å². The maximum absolute atomic E-state index is 8.44. The summed E-state index contributed by atoms with van der Waals surface area (Å²) in [6.07, 6.45) is 0.512. The fourth-order valence-electron chi connectivity index (χ4n) is 0.831. The van der Waals surface area contributed by atoms with E-state index in [1.165, 1.54) is 0 Å². The lowest BCUT2D eigenvalue weighted by molar-refractivity contribution is 0.305. The molecule has 1 N–H and O–H groups in total. The highest BCUT2D eigenvalue weighted by Gasteiger charge is 1.86. The van der Waals surface area contributed by atoms with E-state index >= 15 is 0 Å². The van der Waals surface area contributed by atoms with Crippen LogP contribution >= 0.6 is 0 Å². The van der Waals surface area contributed by atoms with E-state index in [0.29, 0.717) is 13.0 Å². The molecule has 0 aliphatic heterocycles. The average molecular weight is 176 g/mol. The van der Waals surface area contributed by atoms with Crippen molar-refractivity contribution in [3.63, 3.8) is 0 Å². The predicted octanol–water partition coefficient (Wildman–Crippen LogP) is 1.45. The Bertz CT molecular complexity index is 282. The van der Waals surface area contributed by atoms with Crippen molar-refractivity contribution in [3.8, 4) is 17.6 Å². The molecule has 0 unspecified atom stereocenters. The molecule has 1 aromatic carbocycles. The maximum atomic E-state index is 8.44. The van der Waals surface area contributed by atoms with Gasteiger partial charge in [0.1, 0.15) is 12.4 Å². The molecule has 0 atom stereocenters.